The van der Waals surface area contributed by atoms with E-state index in [4.69, 9.17) is 5.26 Å². The van der Waals surface area contributed by atoms with Gasteiger partial charge in [-0.25, -0.2) is 4.39 Å². The third-order valence-electron chi connectivity index (χ3n) is 1.59. The predicted molar refractivity (Wildman–Crippen MR) is 46.5 cm³/mol. The molecule has 0 fully saturated rings. The lowest BCUT2D eigenvalue weighted by molar-refractivity contribution is 0.630. The standard InChI is InChI=1S/C9H4FNS/c10-7-2-1-6-3-8(5-11)12-9(6)4-7/h1-4H. The maximum absolute atomic E-state index is 12.7. The minimum Gasteiger partial charge on any atom is -0.207 e. The molecule has 0 aliphatic rings. The third kappa shape index (κ3) is 1.06. The number of hydrogen-bond acceptors (Lipinski definition) is 2. The van der Waals surface area contributed by atoms with Crippen molar-refractivity contribution in [2.75, 3.05) is 0 Å². The summed E-state index contributed by atoms with van der Waals surface area (Å²) in [7, 11) is 0. The zero-order valence-corrected chi connectivity index (χ0v) is 6.86. The van der Waals surface area contributed by atoms with Gasteiger partial charge in [-0.15, -0.1) is 11.3 Å². The first kappa shape index (κ1) is 7.26. The molecule has 12 heavy (non-hydrogen) atoms. The van der Waals surface area contributed by atoms with Crippen LogP contribution < -0.4 is 0 Å². The van der Waals surface area contributed by atoms with Crippen LogP contribution in [0.1, 0.15) is 4.88 Å². The highest BCUT2D eigenvalue weighted by Gasteiger charge is 2.00. The van der Waals surface area contributed by atoms with Crippen molar-refractivity contribution in [2.24, 2.45) is 0 Å². The Labute approximate surface area is 72.7 Å². The molecule has 0 spiro atoms. The van der Waals surface area contributed by atoms with Crippen molar-refractivity contribution >= 4 is 21.4 Å². The lowest BCUT2D eigenvalue weighted by Gasteiger charge is -1.86. The Kier molecular flexibility index (Phi) is 1.56. The Morgan fingerprint density at radius 1 is 1.33 bits per heavy atom. The summed E-state index contributed by atoms with van der Waals surface area (Å²) in [5.41, 5.74) is 0. The average Bonchev–Trinajstić information content (AvgIpc) is 2.46. The summed E-state index contributed by atoms with van der Waals surface area (Å²) < 4.78 is 13.5. The van der Waals surface area contributed by atoms with Gasteiger partial charge in [-0.1, -0.05) is 6.07 Å². The zero-order valence-electron chi connectivity index (χ0n) is 6.04. The Morgan fingerprint density at radius 3 is 2.92 bits per heavy atom. The summed E-state index contributed by atoms with van der Waals surface area (Å²) in [4.78, 5) is 0.621. The highest BCUT2D eigenvalue weighted by molar-refractivity contribution is 7.19. The lowest BCUT2D eigenvalue weighted by Crippen LogP contribution is -1.68. The van der Waals surface area contributed by atoms with Gasteiger partial charge in [0, 0.05) is 4.70 Å². The molecule has 1 heterocycles. The largest absolute Gasteiger partial charge is 0.207 e. The second-order valence-electron chi connectivity index (χ2n) is 2.40. The molecule has 1 nitrogen and oxygen atoms in total. The molecule has 0 saturated carbocycles. The first-order valence-electron chi connectivity index (χ1n) is 3.39. The van der Waals surface area contributed by atoms with Crippen LogP contribution in [0, 0.1) is 17.1 Å². The summed E-state index contributed by atoms with van der Waals surface area (Å²) >= 11 is 1.31. The molecule has 0 N–H and O–H groups in total. The van der Waals surface area contributed by atoms with Crippen LogP contribution in [0.15, 0.2) is 24.3 Å². The van der Waals surface area contributed by atoms with E-state index < -0.39 is 0 Å². The summed E-state index contributed by atoms with van der Waals surface area (Å²) in [5.74, 6) is -0.256. The maximum atomic E-state index is 12.7. The molecular weight excluding hydrogens is 173 g/mol. The maximum Gasteiger partial charge on any atom is 0.124 e. The first-order chi connectivity index (χ1) is 5.79. The van der Waals surface area contributed by atoms with E-state index in [1.165, 1.54) is 23.5 Å². The highest BCUT2D eigenvalue weighted by atomic mass is 32.1. The SMILES string of the molecule is N#Cc1cc2ccc(F)cc2s1. The van der Waals surface area contributed by atoms with Gasteiger partial charge in [0.25, 0.3) is 0 Å². The van der Waals surface area contributed by atoms with E-state index in [1.54, 1.807) is 12.1 Å². The van der Waals surface area contributed by atoms with Crippen molar-refractivity contribution in [3.8, 4) is 6.07 Å². The van der Waals surface area contributed by atoms with Crippen molar-refractivity contribution in [2.45, 2.75) is 0 Å². The first-order valence-corrected chi connectivity index (χ1v) is 4.20. The van der Waals surface area contributed by atoms with Crippen LogP contribution in [0.2, 0.25) is 0 Å². The molecular formula is C9H4FNS. The molecule has 0 saturated heterocycles. The normalized spacial score (nSPS) is 10.0. The fourth-order valence-electron chi connectivity index (χ4n) is 1.06. The predicted octanol–water partition coefficient (Wildman–Crippen LogP) is 2.91. The van der Waals surface area contributed by atoms with E-state index in [9.17, 15) is 4.39 Å². The van der Waals surface area contributed by atoms with Gasteiger partial charge in [0.05, 0.1) is 0 Å². The molecule has 2 aromatic rings. The molecule has 0 bridgehead atoms. The Morgan fingerprint density at radius 2 is 2.17 bits per heavy atom. The van der Waals surface area contributed by atoms with Gasteiger partial charge in [-0.05, 0) is 23.6 Å². The van der Waals surface area contributed by atoms with Crippen molar-refractivity contribution in [1.82, 2.24) is 0 Å². The third-order valence-corrected chi connectivity index (χ3v) is 2.59. The smallest absolute Gasteiger partial charge is 0.124 e. The fraction of sp³-hybridized carbons (Fsp3) is 0. The molecule has 1 aromatic carbocycles. The van der Waals surface area contributed by atoms with Crippen LogP contribution >= 0.6 is 11.3 Å². The highest BCUT2D eigenvalue weighted by Crippen LogP contribution is 2.25. The molecule has 3 heteroatoms. The summed E-state index contributed by atoms with van der Waals surface area (Å²) in [6, 6.07) is 8.32. The van der Waals surface area contributed by atoms with Crippen LogP contribution in [0.25, 0.3) is 10.1 Å². The number of nitriles is 1. The van der Waals surface area contributed by atoms with E-state index >= 15 is 0 Å². The summed E-state index contributed by atoms with van der Waals surface area (Å²) in [5, 5.41) is 9.50. The lowest BCUT2D eigenvalue weighted by atomic mass is 10.2. The van der Waals surface area contributed by atoms with Crippen LogP contribution in [0.4, 0.5) is 4.39 Å². The number of nitrogens with zero attached hydrogens (tertiary/aromatic N) is 1. The molecule has 1 aromatic heterocycles. The van der Waals surface area contributed by atoms with E-state index in [2.05, 4.69) is 0 Å². The van der Waals surface area contributed by atoms with Gasteiger partial charge in [-0.3, -0.25) is 0 Å². The number of rotatable bonds is 0. The van der Waals surface area contributed by atoms with Gasteiger partial charge < -0.3 is 0 Å². The summed E-state index contributed by atoms with van der Waals surface area (Å²) in [6.07, 6.45) is 0. The molecule has 0 aliphatic heterocycles. The van der Waals surface area contributed by atoms with Gasteiger partial charge in [-0.2, -0.15) is 5.26 Å². The van der Waals surface area contributed by atoms with E-state index in [1.807, 2.05) is 6.07 Å². The number of thiophene rings is 1. The van der Waals surface area contributed by atoms with Crippen LogP contribution in [-0.4, -0.2) is 0 Å². The minimum atomic E-state index is -0.256. The fourth-order valence-corrected chi connectivity index (χ4v) is 1.94. The number of fused-ring (bicyclic) bond motifs is 1. The van der Waals surface area contributed by atoms with Crippen molar-refractivity contribution in [3.63, 3.8) is 0 Å². The number of halogens is 1. The van der Waals surface area contributed by atoms with Crippen LogP contribution in [0.5, 0.6) is 0 Å². The van der Waals surface area contributed by atoms with Crippen molar-refractivity contribution in [3.05, 3.63) is 35.0 Å². The van der Waals surface area contributed by atoms with Gasteiger partial charge in [0.15, 0.2) is 0 Å². The van der Waals surface area contributed by atoms with Crippen LogP contribution in [0.3, 0.4) is 0 Å². The molecule has 0 unspecified atom stereocenters. The van der Waals surface area contributed by atoms with Gasteiger partial charge in [0.1, 0.15) is 16.8 Å². The van der Waals surface area contributed by atoms with E-state index in [0.717, 1.165) is 10.1 Å². The molecule has 0 amide bonds. The van der Waals surface area contributed by atoms with Gasteiger partial charge in [0.2, 0.25) is 0 Å². The van der Waals surface area contributed by atoms with Crippen LogP contribution in [-0.2, 0) is 0 Å². The quantitative estimate of drug-likeness (QED) is 0.607. The molecule has 2 rings (SSSR count). The van der Waals surface area contributed by atoms with Crippen molar-refractivity contribution < 1.29 is 4.39 Å². The zero-order chi connectivity index (χ0) is 8.55. The molecule has 0 atom stereocenters. The summed E-state index contributed by atoms with van der Waals surface area (Å²) in [6.45, 7) is 0. The second kappa shape index (κ2) is 2.58. The van der Waals surface area contributed by atoms with E-state index in [0.29, 0.717) is 4.88 Å². The average molecular weight is 177 g/mol. The van der Waals surface area contributed by atoms with Gasteiger partial charge >= 0.3 is 0 Å². The van der Waals surface area contributed by atoms with E-state index in [-0.39, 0.29) is 5.82 Å². The minimum absolute atomic E-state index is 0.256. The monoisotopic (exact) mass is 177 g/mol. The molecule has 0 aliphatic carbocycles. The molecule has 58 valence electrons. The topological polar surface area (TPSA) is 23.8 Å². The number of hydrogen-bond donors (Lipinski definition) is 0. The Hall–Kier alpha value is -1.40. The molecule has 0 radical (unpaired) electrons. The Balaban J connectivity index is 2.77. The van der Waals surface area contributed by atoms with Crippen molar-refractivity contribution in [1.29, 1.82) is 5.26 Å². The Bertz CT molecular complexity index is 467. The number of benzene rings is 1. The second-order valence-corrected chi connectivity index (χ2v) is 3.49.